The normalized spacial score (nSPS) is 16.8. The number of amides is 3. The lowest BCUT2D eigenvalue weighted by atomic mass is 10.0. The Morgan fingerprint density at radius 2 is 1.45 bits per heavy atom. The predicted molar refractivity (Wildman–Crippen MR) is 108 cm³/mol. The Balaban J connectivity index is 1.36. The number of carbonyl (C=O) groups is 3. The van der Waals surface area contributed by atoms with Crippen LogP contribution in [-0.4, -0.2) is 42.3 Å². The molecule has 2 N–H and O–H groups in total. The van der Waals surface area contributed by atoms with Gasteiger partial charge in [0.2, 0.25) is 5.91 Å². The zero-order valence-electron chi connectivity index (χ0n) is 16.4. The van der Waals surface area contributed by atoms with Crippen LogP contribution in [-0.2, 0) is 17.9 Å². The van der Waals surface area contributed by atoms with Crippen molar-refractivity contribution in [1.82, 2.24) is 10.2 Å². The van der Waals surface area contributed by atoms with Gasteiger partial charge in [0.1, 0.15) is 13.1 Å². The van der Waals surface area contributed by atoms with Gasteiger partial charge in [0.25, 0.3) is 11.8 Å². The minimum atomic E-state index is -0.408. The summed E-state index contributed by atoms with van der Waals surface area (Å²) in [6, 6.07) is 14.8. The summed E-state index contributed by atoms with van der Waals surface area (Å²) in [5.41, 5.74) is 3.05. The fourth-order valence-electron chi connectivity index (χ4n) is 4.18. The molecule has 2 aliphatic rings. The number of rotatable bonds is 6. The Labute approximate surface area is 170 Å². The monoisotopic (exact) mass is 392 g/mol. The maximum atomic E-state index is 12.5. The second-order valence-electron chi connectivity index (χ2n) is 7.77. The third kappa shape index (κ3) is 4.22. The quantitative estimate of drug-likeness (QED) is 0.725. The van der Waals surface area contributed by atoms with E-state index >= 15 is 0 Å². The molecule has 2 heterocycles. The number of fused-ring (bicyclic) bond motifs is 1. The van der Waals surface area contributed by atoms with Crippen molar-refractivity contribution in [2.45, 2.75) is 32.4 Å². The van der Waals surface area contributed by atoms with Crippen molar-refractivity contribution in [2.75, 3.05) is 19.6 Å². The van der Waals surface area contributed by atoms with Crippen LogP contribution in [0, 0.1) is 0 Å². The van der Waals surface area contributed by atoms with Gasteiger partial charge in [0.15, 0.2) is 0 Å². The van der Waals surface area contributed by atoms with Gasteiger partial charge in [-0.15, -0.1) is 0 Å². The Kier molecular flexibility index (Phi) is 5.71. The van der Waals surface area contributed by atoms with Crippen LogP contribution in [0.4, 0.5) is 0 Å². The molecular weight excluding hydrogens is 366 g/mol. The van der Waals surface area contributed by atoms with Crippen LogP contribution < -0.4 is 10.2 Å². The number of benzene rings is 2. The van der Waals surface area contributed by atoms with Gasteiger partial charge in [-0.1, -0.05) is 36.4 Å². The van der Waals surface area contributed by atoms with Crippen molar-refractivity contribution in [3.05, 3.63) is 70.8 Å². The van der Waals surface area contributed by atoms with E-state index in [9.17, 15) is 14.4 Å². The Hall–Kier alpha value is -2.99. The molecule has 0 spiro atoms. The molecule has 6 nitrogen and oxygen atoms in total. The van der Waals surface area contributed by atoms with Gasteiger partial charge >= 0.3 is 0 Å². The van der Waals surface area contributed by atoms with Crippen molar-refractivity contribution in [3.63, 3.8) is 0 Å². The van der Waals surface area contributed by atoms with Crippen molar-refractivity contribution in [1.29, 1.82) is 0 Å². The van der Waals surface area contributed by atoms with Crippen LogP contribution in [0.25, 0.3) is 0 Å². The molecule has 150 valence electrons. The molecule has 29 heavy (non-hydrogen) atoms. The molecule has 3 amide bonds. The van der Waals surface area contributed by atoms with Gasteiger partial charge in [0.05, 0.1) is 24.2 Å². The zero-order chi connectivity index (χ0) is 20.2. The average molecular weight is 392 g/mol. The summed E-state index contributed by atoms with van der Waals surface area (Å²) in [5.74, 6) is -1.15. The summed E-state index contributed by atoms with van der Waals surface area (Å²) in [6.07, 6.45) is 3.86. The third-order valence-electron chi connectivity index (χ3n) is 5.78. The first-order chi connectivity index (χ1) is 14.1. The van der Waals surface area contributed by atoms with Crippen molar-refractivity contribution < 1.29 is 19.3 Å². The van der Waals surface area contributed by atoms with Crippen molar-refractivity contribution >= 4 is 17.7 Å². The highest BCUT2D eigenvalue weighted by Gasteiger charge is 2.36. The molecule has 2 aromatic carbocycles. The zero-order valence-corrected chi connectivity index (χ0v) is 16.4. The first kappa shape index (κ1) is 19.3. The molecule has 0 saturated carbocycles. The molecule has 1 fully saturated rings. The minimum absolute atomic E-state index is 0.258. The lowest BCUT2D eigenvalue weighted by Crippen LogP contribution is -3.11. The highest BCUT2D eigenvalue weighted by Crippen LogP contribution is 2.21. The summed E-state index contributed by atoms with van der Waals surface area (Å²) in [6.45, 7) is 3.49. The number of piperidine rings is 1. The molecule has 0 radical (unpaired) electrons. The lowest BCUT2D eigenvalue weighted by Gasteiger charge is -2.24. The lowest BCUT2D eigenvalue weighted by molar-refractivity contribution is -0.918. The van der Waals surface area contributed by atoms with Gasteiger partial charge in [-0.25, -0.2) is 0 Å². The van der Waals surface area contributed by atoms with Gasteiger partial charge in [-0.05, 0) is 37.0 Å². The fourth-order valence-corrected chi connectivity index (χ4v) is 4.18. The fraction of sp³-hybridized carbons (Fsp3) is 0.348. The first-order valence-electron chi connectivity index (χ1n) is 10.3. The standard InChI is InChI=1S/C23H25N3O3/c27-21(16-26-22(28)19-10-4-5-11-20(19)23(26)29)24-14-17-8-2-3-9-18(17)15-25-12-6-1-7-13-25/h2-5,8-11H,1,6-7,12-16H2,(H,24,27)/p+1. The number of hydrogen-bond donors (Lipinski definition) is 2. The van der Waals surface area contributed by atoms with Crippen LogP contribution in [0.1, 0.15) is 51.1 Å². The van der Waals surface area contributed by atoms with Gasteiger partial charge in [0, 0.05) is 12.1 Å². The van der Waals surface area contributed by atoms with E-state index in [1.807, 2.05) is 18.2 Å². The topological polar surface area (TPSA) is 70.9 Å². The maximum absolute atomic E-state index is 12.5. The molecule has 4 rings (SSSR count). The molecule has 0 unspecified atom stereocenters. The van der Waals surface area contributed by atoms with Crippen molar-refractivity contribution in [3.8, 4) is 0 Å². The van der Waals surface area contributed by atoms with E-state index in [4.69, 9.17) is 0 Å². The molecule has 6 heteroatoms. The molecule has 2 aromatic rings. The second-order valence-corrected chi connectivity index (χ2v) is 7.77. The number of nitrogens with zero attached hydrogens (tertiary/aromatic N) is 1. The van der Waals surface area contributed by atoms with E-state index in [0.29, 0.717) is 17.7 Å². The molecule has 0 aromatic heterocycles. The predicted octanol–water partition coefficient (Wildman–Crippen LogP) is 1.17. The van der Waals surface area contributed by atoms with Crippen LogP contribution >= 0.6 is 0 Å². The molecule has 1 saturated heterocycles. The second kappa shape index (κ2) is 8.57. The van der Waals surface area contributed by atoms with Crippen LogP contribution in [0.3, 0.4) is 0 Å². The molecule has 0 atom stereocenters. The van der Waals surface area contributed by atoms with Gasteiger partial charge in [-0.3, -0.25) is 19.3 Å². The molecule has 0 aliphatic carbocycles. The Bertz CT molecular complexity index is 899. The summed E-state index contributed by atoms with van der Waals surface area (Å²) >= 11 is 0. The Morgan fingerprint density at radius 3 is 2.10 bits per heavy atom. The van der Waals surface area contributed by atoms with E-state index in [-0.39, 0.29) is 12.5 Å². The summed E-state index contributed by atoms with van der Waals surface area (Å²) in [5, 5.41) is 2.88. The minimum Gasteiger partial charge on any atom is -0.350 e. The number of imide groups is 1. The summed E-state index contributed by atoms with van der Waals surface area (Å²) in [4.78, 5) is 39.9. The maximum Gasteiger partial charge on any atom is 0.262 e. The van der Waals surface area contributed by atoms with Crippen LogP contribution in [0.15, 0.2) is 48.5 Å². The smallest absolute Gasteiger partial charge is 0.262 e. The first-order valence-corrected chi connectivity index (χ1v) is 10.3. The largest absolute Gasteiger partial charge is 0.350 e. The number of quaternary nitrogens is 1. The number of carbonyl (C=O) groups excluding carboxylic acids is 3. The Morgan fingerprint density at radius 1 is 0.862 bits per heavy atom. The SMILES string of the molecule is O=C(CN1C(=O)c2ccccc2C1=O)NCc1ccccc1C[NH+]1CCCCC1. The van der Waals surface area contributed by atoms with E-state index in [1.54, 1.807) is 29.2 Å². The highest BCUT2D eigenvalue weighted by atomic mass is 16.2. The van der Waals surface area contributed by atoms with Gasteiger partial charge in [-0.2, -0.15) is 0 Å². The van der Waals surface area contributed by atoms with E-state index in [0.717, 1.165) is 17.0 Å². The molecular formula is C23H26N3O3+. The van der Waals surface area contributed by atoms with E-state index in [2.05, 4.69) is 11.4 Å². The molecule has 2 aliphatic heterocycles. The number of likely N-dealkylation sites (tertiary alicyclic amines) is 1. The van der Waals surface area contributed by atoms with E-state index in [1.165, 1.54) is 37.9 Å². The molecule has 0 bridgehead atoms. The van der Waals surface area contributed by atoms with Crippen LogP contribution in [0.5, 0.6) is 0 Å². The van der Waals surface area contributed by atoms with Crippen molar-refractivity contribution in [2.24, 2.45) is 0 Å². The highest BCUT2D eigenvalue weighted by molar-refractivity contribution is 6.22. The summed E-state index contributed by atoms with van der Waals surface area (Å²) in [7, 11) is 0. The van der Waals surface area contributed by atoms with E-state index < -0.39 is 11.8 Å². The number of nitrogens with one attached hydrogen (secondary N) is 2. The average Bonchev–Trinajstić information content (AvgIpc) is 2.99. The number of hydrogen-bond acceptors (Lipinski definition) is 3. The van der Waals surface area contributed by atoms with Crippen LogP contribution in [0.2, 0.25) is 0 Å². The summed E-state index contributed by atoms with van der Waals surface area (Å²) < 4.78 is 0. The third-order valence-corrected chi connectivity index (χ3v) is 5.78. The van der Waals surface area contributed by atoms with Gasteiger partial charge < -0.3 is 10.2 Å².